The SMILES string of the molecule is c1ccc2c(c1)-c1ccccc1C21c2cccc3c2B2c4c1cccc4C1(c4ccccc4-c4ccccc41)c1cc4cccc5c4c(c12)n-3c1nc2ccccc2n51. The quantitative estimate of drug-likeness (QED) is 0.142. The number of benzene rings is 9. The summed E-state index contributed by atoms with van der Waals surface area (Å²) >= 11 is 0. The highest BCUT2D eigenvalue weighted by molar-refractivity contribution is 7.00. The largest absolute Gasteiger partial charge is 0.281 e. The van der Waals surface area contributed by atoms with Crippen molar-refractivity contribution < 1.29 is 0 Å². The fourth-order valence-corrected chi connectivity index (χ4v) is 13.4. The van der Waals surface area contributed by atoms with E-state index in [1.54, 1.807) is 0 Å². The molecule has 2 aliphatic carbocycles. The first-order valence-corrected chi connectivity index (χ1v) is 20.9. The zero-order valence-corrected chi connectivity index (χ0v) is 31.7. The van der Waals surface area contributed by atoms with Crippen molar-refractivity contribution in [3.8, 4) is 27.9 Å². The Morgan fingerprint density at radius 2 is 0.898 bits per heavy atom. The highest BCUT2D eigenvalue weighted by Crippen LogP contribution is 2.62. The van der Waals surface area contributed by atoms with E-state index in [4.69, 9.17) is 4.98 Å². The maximum atomic E-state index is 5.56. The van der Waals surface area contributed by atoms with Gasteiger partial charge in [-0.05, 0) is 113 Å². The highest BCUT2D eigenvalue weighted by Gasteiger charge is 2.61. The molecule has 0 saturated carbocycles. The third-order valence-electron chi connectivity index (χ3n) is 15.2. The van der Waals surface area contributed by atoms with E-state index in [-0.39, 0.29) is 6.71 Å². The van der Waals surface area contributed by atoms with Gasteiger partial charge >= 0.3 is 0 Å². The van der Waals surface area contributed by atoms with E-state index in [1.807, 2.05) is 0 Å². The molecule has 0 bridgehead atoms. The van der Waals surface area contributed by atoms with Crippen molar-refractivity contribution in [1.29, 1.82) is 0 Å². The Morgan fingerprint density at radius 1 is 0.407 bits per heavy atom. The second-order valence-electron chi connectivity index (χ2n) is 17.3. The summed E-state index contributed by atoms with van der Waals surface area (Å²) in [4.78, 5) is 5.56. The minimum atomic E-state index is -0.545. The van der Waals surface area contributed by atoms with Crippen LogP contribution in [0.15, 0.2) is 182 Å². The molecule has 0 unspecified atom stereocenters. The molecular formula is C55H30BN3. The molecule has 0 fully saturated rings. The van der Waals surface area contributed by atoms with Gasteiger partial charge in [0.05, 0.1) is 32.9 Å². The van der Waals surface area contributed by atoms with Crippen molar-refractivity contribution in [3.63, 3.8) is 0 Å². The molecule has 0 N–H and O–H groups in total. The topological polar surface area (TPSA) is 22.2 Å². The van der Waals surface area contributed by atoms with Crippen molar-refractivity contribution >= 4 is 61.7 Å². The Bertz CT molecular complexity index is 3730. The van der Waals surface area contributed by atoms with Crippen LogP contribution in [0.1, 0.15) is 44.5 Å². The lowest BCUT2D eigenvalue weighted by Crippen LogP contribution is -2.70. The third-order valence-corrected chi connectivity index (χ3v) is 15.2. The maximum absolute atomic E-state index is 5.56. The van der Waals surface area contributed by atoms with Gasteiger partial charge in [0.15, 0.2) is 0 Å². The average molecular weight is 744 g/mol. The molecule has 4 heteroatoms. The number of para-hydroxylation sites is 2. The van der Waals surface area contributed by atoms with E-state index in [0.29, 0.717) is 0 Å². The molecule has 0 atom stereocenters. The van der Waals surface area contributed by atoms with Crippen LogP contribution >= 0.6 is 0 Å². The molecule has 5 heterocycles. The Labute approximate surface area is 339 Å². The van der Waals surface area contributed by atoms with E-state index in [1.165, 1.54) is 111 Å². The van der Waals surface area contributed by atoms with Crippen molar-refractivity contribution in [3.05, 3.63) is 226 Å². The number of hydrogen-bond donors (Lipinski definition) is 0. The molecule has 2 aromatic heterocycles. The highest BCUT2D eigenvalue weighted by atomic mass is 15.2. The summed E-state index contributed by atoms with van der Waals surface area (Å²) in [5.74, 6) is 0.957. The Kier molecular flexibility index (Phi) is 4.86. The van der Waals surface area contributed by atoms with Gasteiger partial charge in [-0.3, -0.25) is 8.97 Å². The lowest BCUT2D eigenvalue weighted by molar-refractivity contribution is 0.743. The molecule has 0 radical (unpaired) electrons. The number of rotatable bonds is 0. The zero-order chi connectivity index (χ0) is 37.9. The van der Waals surface area contributed by atoms with Crippen LogP contribution in [-0.4, -0.2) is 20.7 Å². The third kappa shape index (κ3) is 2.94. The van der Waals surface area contributed by atoms with Crippen LogP contribution in [0.4, 0.5) is 0 Å². The molecule has 5 aliphatic rings. The summed E-state index contributed by atoms with van der Waals surface area (Å²) in [5.41, 5.74) is 25.4. The van der Waals surface area contributed by atoms with Gasteiger partial charge in [-0.2, -0.15) is 0 Å². The summed E-state index contributed by atoms with van der Waals surface area (Å²) in [6, 6.07) is 69.6. The maximum Gasteiger partial charge on any atom is 0.248 e. The smallest absolute Gasteiger partial charge is 0.248 e. The number of aromatic nitrogens is 3. The van der Waals surface area contributed by atoms with E-state index in [0.717, 1.165) is 16.8 Å². The summed E-state index contributed by atoms with van der Waals surface area (Å²) < 4.78 is 5.00. The molecule has 3 aliphatic heterocycles. The molecule has 11 aromatic rings. The zero-order valence-electron chi connectivity index (χ0n) is 31.7. The van der Waals surface area contributed by atoms with Crippen molar-refractivity contribution in [1.82, 2.24) is 14.0 Å². The van der Waals surface area contributed by atoms with Crippen molar-refractivity contribution in [2.24, 2.45) is 0 Å². The number of fused-ring (bicyclic) bond motifs is 20. The predicted molar refractivity (Wildman–Crippen MR) is 240 cm³/mol. The number of hydrogen-bond acceptors (Lipinski definition) is 1. The molecule has 3 nitrogen and oxygen atoms in total. The lowest BCUT2D eigenvalue weighted by atomic mass is 9.25. The van der Waals surface area contributed by atoms with Gasteiger partial charge in [-0.25, -0.2) is 4.98 Å². The first-order valence-electron chi connectivity index (χ1n) is 20.9. The van der Waals surface area contributed by atoms with Crippen LogP contribution in [0, 0.1) is 0 Å². The molecule has 59 heavy (non-hydrogen) atoms. The fraction of sp³-hybridized carbons (Fsp3) is 0.0364. The fourth-order valence-electron chi connectivity index (χ4n) is 13.4. The molecule has 0 saturated heterocycles. The van der Waals surface area contributed by atoms with Crippen LogP contribution in [-0.2, 0) is 10.8 Å². The normalized spacial score (nSPS) is 15.7. The van der Waals surface area contributed by atoms with Gasteiger partial charge in [0.25, 0.3) is 0 Å². The van der Waals surface area contributed by atoms with E-state index >= 15 is 0 Å². The van der Waals surface area contributed by atoms with Gasteiger partial charge in [0.2, 0.25) is 12.5 Å². The Hall–Kier alpha value is -7.43. The van der Waals surface area contributed by atoms with Crippen LogP contribution in [0.3, 0.4) is 0 Å². The summed E-state index contributed by atoms with van der Waals surface area (Å²) in [6.45, 7) is 0.0260. The Morgan fingerprint density at radius 3 is 1.54 bits per heavy atom. The predicted octanol–water partition coefficient (Wildman–Crippen LogP) is 9.77. The molecule has 0 amide bonds. The standard InChI is InChI=1S/C55H30BN3/c1-5-19-36-32(15-1)33-16-2-6-20-37(33)54(36)40-23-12-24-41-49(40)56-50-42(54)25-13-29-47(50)59-52-48-31(14-11-28-46(48)58-45-27-10-9-26-44(45)57-53(58)59)30-43(51(52)56)55(41)38-21-7-3-17-34(38)35-18-4-8-22-39(35)55/h1-30H. The number of imidazole rings is 1. The average Bonchev–Trinajstić information content (AvgIpc) is 3.93. The van der Waals surface area contributed by atoms with Gasteiger partial charge < -0.3 is 0 Å². The van der Waals surface area contributed by atoms with Crippen LogP contribution in [0.2, 0.25) is 0 Å². The van der Waals surface area contributed by atoms with Gasteiger partial charge in [0, 0.05) is 11.1 Å². The van der Waals surface area contributed by atoms with Gasteiger partial charge in [0.1, 0.15) is 0 Å². The van der Waals surface area contributed by atoms with Crippen molar-refractivity contribution in [2.75, 3.05) is 0 Å². The second kappa shape index (κ2) is 9.64. The Balaban J connectivity index is 1.23. The summed E-state index contributed by atoms with van der Waals surface area (Å²) in [5, 5.41) is 2.56. The molecular weight excluding hydrogens is 713 g/mol. The second-order valence-corrected chi connectivity index (χ2v) is 17.3. The van der Waals surface area contributed by atoms with E-state index in [9.17, 15) is 0 Å². The summed E-state index contributed by atoms with van der Waals surface area (Å²) in [7, 11) is 0. The van der Waals surface area contributed by atoms with Crippen LogP contribution in [0.25, 0.3) is 66.6 Å². The van der Waals surface area contributed by atoms with Crippen molar-refractivity contribution in [2.45, 2.75) is 10.8 Å². The van der Waals surface area contributed by atoms with Gasteiger partial charge in [-0.1, -0.05) is 157 Å². The lowest BCUT2D eigenvalue weighted by Gasteiger charge is -2.52. The van der Waals surface area contributed by atoms with Gasteiger partial charge in [-0.15, -0.1) is 0 Å². The molecule has 2 spiro atoms. The van der Waals surface area contributed by atoms with E-state index < -0.39 is 10.8 Å². The molecule has 16 rings (SSSR count). The molecule has 9 aromatic carbocycles. The van der Waals surface area contributed by atoms with Crippen LogP contribution in [0.5, 0.6) is 0 Å². The number of nitrogens with zero attached hydrogens (tertiary/aromatic N) is 3. The minimum Gasteiger partial charge on any atom is -0.281 e. The first-order chi connectivity index (χ1) is 29.3. The first kappa shape index (κ1) is 29.8. The van der Waals surface area contributed by atoms with Crippen LogP contribution < -0.4 is 16.4 Å². The summed E-state index contributed by atoms with van der Waals surface area (Å²) in [6.07, 6.45) is 0. The molecule has 268 valence electrons. The minimum absolute atomic E-state index is 0.0260. The monoisotopic (exact) mass is 743 g/mol. The van der Waals surface area contributed by atoms with E-state index in [2.05, 4.69) is 191 Å².